The zero-order chi connectivity index (χ0) is 18.5. The Kier molecular flexibility index (Phi) is 6.85. The molecule has 0 saturated heterocycles. The van der Waals surface area contributed by atoms with E-state index in [0.717, 1.165) is 48.6 Å². The summed E-state index contributed by atoms with van der Waals surface area (Å²) >= 11 is 0. The molecule has 2 heterocycles. The predicted octanol–water partition coefficient (Wildman–Crippen LogP) is 4.04. The summed E-state index contributed by atoms with van der Waals surface area (Å²) in [5, 5.41) is 11.1. The van der Waals surface area contributed by atoms with Gasteiger partial charge < -0.3 is 10.6 Å². The number of carbonyl (C=O) groups is 1. The molecule has 0 spiro atoms. The second-order valence-corrected chi connectivity index (χ2v) is 6.84. The minimum absolute atomic E-state index is 0. The summed E-state index contributed by atoms with van der Waals surface area (Å²) in [6.45, 7) is 2.82. The number of fused-ring (bicyclic) bond motifs is 1. The first kappa shape index (κ1) is 20.1. The number of aromatic nitrogens is 2. The van der Waals surface area contributed by atoms with Crippen LogP contribution in [0.3, 0.4) is 0 Å². The molecule has 5 nitrogen and oxygen atoms in total. The number of nitrogens with zero attached hydrogens (tertiary/aromatic N) is 2. The van der Waals surface area contributed by atoms with Crippen LogP contribution in [0.4, 0.5) is 5.69 Å². The van der Waals surface area contributed by atoms with Crippen LogP contribution in [0.2, 0.25) is 0 Å². The van der Waals surface area contributed by atoms with Gasteiger partial charge in [0, 0.05) is 37.2 Å². The maximum atomic E-state index is 12.5. The van der Waals surface area contributed by atoms with E-state index in [9.17, 15) is 4.79 Å². The van der Waals surface area contributed by atoms with Gasteiger partial charge in [0.05, 0.1) is 11.4 Å². The average molecular weight is 397 g/mol. The molecule has 0 radical (unpaired) electrons. The first-order chi connectivity index (χ1) is 13.3. The minimum Gasteiger partial charge on any atom is -0.326 e. The van der Waals surface area contributed by atoms with Crippen LogP contribution in [0, 0.1) is 0 Å². The smallest absolute Gasteiger partial charge is 0.224 e. The van der Waals surface area contributed by atoms with Gasteiger partial charge in [-0.05, 0) is 30.7 Å². The molecule has 0 atom stereocenters. The number of anilines is 1. The number of halogens is 1. The monoisotopic (exact) mass is 396 g/mol. The molecule has 28 heavy (non-hydrogen) atoms. The van der Waals surface area contributed by atoms with Crippen molar-refractivity contribution >= 4 is 24.0 Å². The Labute approximate surface area is 171 Å². The number of amides is 1. The van der Waals surface area contributed by atoms with E-state index < -0.39 is 0 Å². The van der Waals surface area contributed by atoms with Gasteiger partial charge in [-0.3, -0.25) is 9.48 Å². The summed E-state index contributed by atoms with van der Waals surface area (Å²) in [6.07, 6.45) is 2.16. The van der Waals surface area contributed by atoms with Gasteiger partial charge in [-0.1, -0.05) is 48.5 Å². The number of hydrogen-bond acceptors (Lipinski definition) is 3. The van der Waals surface area contributed by atoms with E-state index >= 15 is 0 Å². The van der Waals surface area contributed by atoms with Gasteiger partial charge in [-0.25, -0.2) is 0 Å². The maximum Gasteiger partial charge on any atom is 0.224 e. The van der Waals surface area contributed by atoms with Crippen LogP contribution in [0.25, 0.3) is 11.1 Å². The van der Waals surface area contributed by atoms with Crippen molar-refractivity contribution in [3.63, 3.8) is 0 Å². The van der Waals surface area contributed by atoms with E-state index in [-0.39, 0.29) is 18.3 Å². The molecule has 2 N–H and O–H groups in total. The fraction of sp³-hybridized carbons (Fsp3) is 0.273. The van der Waals surface area contributed by atoms with Gasteiger partial charge in [0.1, 0.15) is 0 Å². The third-order valence-electron chi connectivity index (χ3n) is 4.84. The summed E-state index contributed by atoms with van der Waals surface area (Å²) in [5.74, 6) is 0.0136. The molecule has 0 saturated carbocycles. The summed E-state index contributed by atoms with van der Waals surface area (Å²) in [4.78, 5) is 12.5. The molecule has 1 aromatic heterocycles. The van der Waals surface area contributed by atoms with Crippen molar-refractivity contribution in [3.05, 3.63) is 72.1 Å². The summed E-state index contributed by atoms with van der Waals surface area (Å²) in [6, 6.07) is 20.1. The molecule has 0 aliphatic carbocycles. The number of nitrogens with one attached hydrogen (secondary N) is 2. The van der Waals surface area contributed by atoms with Crippen LogP contribution in [0.1, 0.15) is 24.2 Å². The number of hydrogen-bond donors (Lipinski definition) is 2. The number of rotatable bonds is 5. The molecule has 3 aromatic rings. The fourth-order valence-electron chi connectivity index (χ4n) is 3.46. The molecule has 1 aliphatic rings. The van der Waals surface area contributed by atoms with Crippen molar-refractivity contribution < 1.29 is 4.79 Å². The lowest BCUT2D eigenvalue weighted by atomic mass is 10.0. The zero-order valence-electron chi connectivity index (χ0n) is 15.7. The molecule has 0 bridgehead atoms. The van der Waals surface area contributed by atoms with Crippen molar-refractivity contribution in [3.8, 4) is 11.1 Å². The third-order valence-corrected chi connectivity index (χ3v) is 4.84. The van der Waals surface area contributed by atoms with E-state index in [4.69, 9.17) is 0 Å². The highest BCUT2D eigenvalue weighted by atomic mass is 35.5. The Balaban J connectivity index is 0.00000225. The lowest BCUT2D eigenvalue weighted by molar-refractivity contribution is -0.116. The molecular weight excluding hydrogens is 372 g/mol. The molecule has 0 fully saturated rings. The van der Waals surface area contributed by atoms with E-state index in [1.807, 2.05) is 42.5 Å². The second kappa shape index (κ2) is 9.53. The van der Waals surface area contributed by atoms with Crippen molar-refractivity contribution in [2.75, 3.05) is 11.9 Å². The van der Waals surface area contributed by atoms with E-state index in [1.54, 1.807) is 0 Å². The molecule has 2 aromatic carbocycles. The van der Waals surface area contributed by atoms with Crippen molar-refractivity contribution in [1.29, 1.82) is 0 Å². The van der Waals surface area contributed by atoms with Crippen LogP contribution in [-0.2, 0) is 24.3 Å². The van der Waals surface area contributed by atoms with E-state index in [0.29, 0.717) is 12.8 Å². The minimum atomic E-state index is 0. The zero-order valence-corrected chi connectivity index (χ0v) is 16.5. The Morgan fingerprint density at radius 2 is 1.89 bits per heavy atom. The highest BCUT2D eigenvalue weighted by molar-refractivity contribution is 5.95. The normalized spacial score (nSPS) is 13.1. The third kappa shape index (κ3) is 4.80. The van der Waals surface area contributed by atoms with Crippen LogP contribution in [0.5, 0.6) is 0 Å². The SMILES string of the molecule is Cl.O=C(CCc1cc2n(n1)CCCNC2)Nc1ccccc1-c1ccccc1. The van der Waals surface area contributed by atoms with Crippen LogP contribution >= 0.6 is 12.4 Å². The maximum absolute atomic E-state index is 12.5. The Morgan fingerprint density at radius 1 is 1.11 bits per heavy atom. The topological polar surface area (TPSA) is 59.0 Å². The quantitative estimate of drug-likeness (QED) is 0.684. The largest absolute Gasteiger partial charge is 0.326 e. The number of aryl methyl sites for hydroxylation is 2. The Bertz CT molecular complexity index is 900. The van der Waals surface area contributed by atoms with E-state index in [1.165, 1.54) is 5.69 Å². The molecule has 1 amide bonds. The summed E-state index contributed by atoms with van der Waals surface area (Å²) in [7, 11) is 0. The van der Waals surface area contributed by atoms with Gasteiger partial charge >= 0.3 is 0 Å². The van der Waals surface area contributed by atoms with E-state index in [2.05, 4.69) is 38.6 Å². The van der Waals surface area contributed by atoms with Crippen LogP contribution < -0.4 is 10.6 Å². The molecular formula is C22H25ClN4O. The first-order valence-electron chi connectivity index (χ1n) is 9.50. The molecule has 4 rings (SSSR count). The fourth-order valence-corrected chi connectivity index (χ4v) is 3.46. The van der Waals surface area contributed by atoms with Gasteiger partial charge in [0.25, 0.3) is 0 Å². The predicted molar refractivity (Wildman–Crippen MR) is 115 cm³/mol. The lowest BCUT2D eigenvalue weighted by Gasteiger charge is -2.11. The lowest BCUT2D eigenvalue weighted by Crippen LogP contribution is -2.13. The van der Waals surface area contributed by atoms with Crippen molar-refractivity contribution in [1.82, 2.24) is 15.1 Å². The molecule has 1 aliphatic heterocycles. The van der Waals surface area contributed by atoms with Gasteiger partial charge in [-0.2, -0.15) is 5.10 Å². The van der Waals surface area contributed by atoms with Crippen molar-refractivity contribution in [2.24, 2.45) is 0 Å². The van der Waals surface area contributed by atoms with Crippen molar-refractivity contribution in [2.45, 2.75) is 32.4 Å². The Hall–Kier alpha value is -2.63. The van der Waals surface area contributed by atoms with Gasteiger partial charge in [0.15, 0.2) is 0 Å². The summed E-state index contributed by atoms with van der Waals surface area (Å²) in [5.41, 5.74) is 5.17. The number of para-hydroxylation sites is 1. The second-order valence-electron chi connectivity index (χ2n) is 6.84. The summed E-state index contributed by atoms with van der Waals surface area (Å²) < 4.78 is 2.07. The van der Waals surface area contributed by atoms with Gasteiger partial charge in [-0.15, -0.1) is 12.4 Å². The average Bonchev–Trinajstić information content (AvgIpc) is 2.96. The standard InChI is InChI=1S/C22H24N4O.ClH/c27-22(12-11-18-15-19-16-23-13-6-14-26(19)25-18)24-21-10-5-4-9-20(21)17-7-2-1-3-8-17;/h1-5,7-10,15,23H,6,11-14,16H2,(H,24,27);1H. The number of carbonyl (C=O) groups excluding carboxylic acids is 1. The van der Waals surface area contributed by atoms with Gasteiger partial charge in [0.2, 0.25) is 5.91 Å². The molecule has 0 unspecified atom stereocenters. The van der Waals surface area contributed by atoms with Crippen LogP contribution in [-0.4, -0.2) is 22.2 Å². The highest BCUT2D eigenvalue weighted by Crippen LogP contribution is 2.27. The highest BCUT2D eigenvalue weighted by Gasteiger charge is 2.13. The molecule has 6 heteroatoms. The van der Waals surface area contributed by atoms with Crippen LogP contribution in [0.15, 0.2) is 60.7 Å². The number of benzene rings is 2. The molecule has 146 valence electrons. The first-order valence-corrected chi connectivity index (χ1v) is 9.50. The Morgan fingerprint density at radius 3 is 2.75 bits per heavy atom.